The molecule has 25 heavy (non-hydrogen) atoms. The lowest BCUT2D eigenvalue weighted by molar-refractivity contribution is -0.393. The monoisotopic (exact) mass is 343 g/mol. The summed E-state index contributed by atoms with van der Waals surface area (Å²) < 4.78 is 0. The van der Waals surface area contributed by atoms with Gasteiger partial charge in [0.1, 0.15) is 11.7 Å². The third kappa shape index (κ3) is 2.99. The van der Waals surface area contributed by atoms with E-state index >= 15 is 0 Å². The molecule has 1 atom stereocenters. The van der Waals surface area contributed by atoms with E-state index in [0.29, 0.717) is 0 Å². The van der Waals surface area contributed by atoms with Crippen molar-refractivity contribution < 1.29 is 19.7 Å². The van der Waals surface area contributed by atoms with Crippen molar-refractivity contribution in [2.75, 3.05) is 4.90 Å². The zero-order valence-electron chi connectivity index (χ0n) is 12.9. The normalized spacial score (nSPS) is 16.2. The minimum atomic E-state index is -1.11. The third-order valence-corrected chi connectivity index (χ3v) is 4.21. The van der Waals surface area contributed by atoms with E-state index in [9.17, 15) is 30.1 Å². The zero-order valence-corrected chi connectivity index (χ0v) is 12.9. The first-order chi connectivity index (χ1) is 11.9. The van der Waals surface area contributed by atoms with Crippen molar-refractivity contribution in [1.29, 1.82) is 0 Å². The Morgan fingerprint density at radius 3 is 2.36 bits per heavy atom. The molecule has 1 aliphatic heterocycles. The second-order valence-electron chi connectivity index (χ2n) is 5.64. The Kier molecular flexibility index (Phi) is 4.05. The minimum absolute atomic E-state index is 0.0532. The van der Waals surface area contributed by atoms with Crippen LogP contribution in [0.4, 0.5) is 17.1 Å². The lowest BCUT2D eigenvalue weighted by atomic mass is 9.93. The fraction of sp³-hybridized carbons (Fsp3) is 0.188. The number of nitrogens with zero attached hydrogens (tertiary/aromatic N) is 3. The van der Waals surface area contributed by atoms with Crippen LogP contribution < -0.4 is 4.90 Å². The largest absolute Gasteiger partial charge is 0.480 e. The molecule has 2 aromatic rings. The van der Waals surface area contributed by atoms with Crippen molar-refractivity contribution in [1.82, 2.24) is 0 Å². The van der Waals surface area contributed by atoms with Gasteiger partial charge >= 0.3 is 5.97 Å². The van der Waals surface area contributed by atoms with Crippen molar-refractivity contribution in [2.24, 2.45) is 0 Å². The predicted molar refractivity (Wildman–Crippen MR) is 87.5 cm³/mol. The Bertz CT molecular complexity index is 882. The van der Waals surface area contributed by atoms with Crippen LogP contribution in [0.1, 0.15) is 11.1 Å². The highest BCUT2D eigenvalue weighted by Crippen LogP contribution is 2.37. The molecule has 0 spiro atoms. The van der Waals surface area contributed by atoms with Crippen molar-refractivity contribution >= 4 is 23.0 Å². The summed E-state index contributed by atoms with van der Waals surface area (Å²) in [6.07, 6.45) is 0.194. The average molecular weight is 343 g/mol. The summed E-state index contributed by atoms with van der Waals surface area (Å²) in [5.74, 6) is -1.11. The van der Waals surface area contributed by atoms with Crippen molar-refractivity contribution in [3.63, 3.8) is 0 Å². The maximum atomic E-state index is 11.7. The number of carbonyl (C=O) groups is 1. The predicted octanol–water partition coefficient (Wildman–Crippen LogP) is 2.52. The number of fused-ring (bicyclic) bond motifs is 1. The van der Waals surface area contributed by atoms with Gasteiger partial charge in [0.15, 0.2) is 0 Å². The first-order valence-electron chi connectivity index (χ1n) is 7.37. The number of rotatable bonds is 4. The summed E-state index contributed by atoms with van der Waals surface area (Å²) in [6.45, 7) is 0.172. The number of anilines is 1. The van der Waals surface area contributed by atoms with Crippen molar-refractivity contribution in [3.8, 4) is 0 Å². The van der Waals surface area contributed by atoms with Gasteiger partial charge in [0.2, 0.25) is 0 Å². The zero-order chi connectivity index (χ0) is 18.1. The van der Waals surface area contributed by atoms with Crippen LogP contribution in [-0.4, -0.2) is 27.0 Å². The molecule has 3 rings (SSSR count). The standard InChI is InChI=1S/C16H13N3O6/c20-16(21)15-7-10-3-1-2-4-11(10)9-17(15)13-6-5-12(18(22)23)8-14(13)19(24)25/h1-6,8,15H,7,9H2,(H,20,21). The Morgan fingerprint density at radius 2 is 1.76 bits per heavy atom. The van der Waals surface area contributed by atoms with Crippen LogP contribution in [0.25, 0.3) is 0 Å². The molecule has 0 aliphatic carbocycles. The van der Waals surface area contributed by atoms with Crippen LogP contribution in [0, 0.1) is 20.2 Å². The minimum Gasteiger partial charge on any atom is -0.480 e. The molecule has 1 aliphatic rings. The molecule has 2 aromatic carbocycles. The van der Waals surface area contributed by atoms with Gasteiger partial charge in [-0.1, -0.05) is 24.3 Å². The van der Waals surface area contributed by atoms with Crippen LogP contribution in [0.3, 0.4) is 0 Å². The number of aliphatic carboxylic acids is 1. The Hall–Kier alpha value is -3.49. The number of non-ortho nitro benzene ring substituents is 1. The molecule has 0 fully saturated rings. The molecule has 1 heterocycles. The van der Waals surface area contributed by atoms with E-state index in [-0.39, 0.29) is 18.7 Å². The summed E-state index contributed by atoms with van der Waals surface area (Å²) in [5, 5.41) is 31.8. The topological polar surface area (TPSA) is 127 Å². The van der Waals surface area contributed by atoms with E-state index in [1.165, 1.54) is 11.0 Å². The number of hydrogen-bond acceptors (Lipinski definition) is 6. The summed E-state index contributed by atoms with van der Waals surface area (Å²) in [7, 11) is 0. The van der Waals surface area contributed by atoms with E-state index in [2.05, 4.69) is 0 Å². The van der Waals surface area contributed by atoms with Gasteiger partial charge < -0.3 is 10.0 Å². The summed E-state index contributed by atoms with van der Waals surface area (Å²) in [5.41, 5.74) is 0.889. The summed E-state index contributed by atoms with van der Waals surface area (Å²) >= 11 is 0. The fourth-order valence-electron chi connectivity index (χ4n) is 3.01. The van der Waals surface area contributed by atoms with Crippen molar-refractivity contribution in [2.45, 2.75) is 19.0 Å². The molecule has 0 bridgehead atoms. The number of hydrogen-bond donors (Lipinski definition) is 1. The molecular formula is C16H13N3O6. The van der Waals surface area contributed by atoms with Gasteiger partial charge in [-0.3, -0.25) is 20.2 Å². The first-order valence-corrected chi connectivity index (χ1v) is 7.37. The van der Waals surface area contributed by atoms with Gasteiger partial charge in [0.05, 0.1) is 15.9 Å². The van der Waals surface area contributed by atoms with Crippen LogP contribution in [-0.2, 0) is 17.8 Å². The molecule has 128 valence electrons. The molecule has 9 heteroatoms. The highest BCUT2D eigenvalue weighted by molar-refractivity contribution is 5.82. The van der Waals surface area contributed by atoms with E-state index in [1.54, 1.807) is 0 Å². The highest BCUT2D eigenvalue weighted by atomic mass is 16.6. The summed E-state index contributed by atoms with van der Waals surface area (Å²) in [4.78, 5) is 33.9. The molecule has 0 saturated heterocycles. The second kappa shape index (κ2) is 6.19. The second-order valence-corrected chi connectivity index (χ2v) is 5.64. The Balaban J connectivity index is 2.11. The lowest BCUT2D eigenvalue weighted by Crippen LogP contribution is -2.46. The van der Waals surface area contributed by atoms with Gasteiger partial charge in [-0.25, -0.2) is 4.79 Å². The van der Waals surface area contributed by atoms with E-state index in [0.717, 1.165) is 23.3 Å². The SMILES string of the molecule is O=C(O)C1Cc2ccccc2CN1c1ccc([N+](=O)[O-])cc1[N+](=O)[O-]. The smallest absolute Gasteiger partial charge is 0.326 e. The van der Waals surface area contributed by atoms with E-state index in [1.807, 2.05) is 24.3 Å². The quantitative estimate of drug-likeness (QED) is 0.667. The average Bonchev–Trinajstić information content (AvgIpc) is 2.59. The van der Waals surface area contributed by atoms with Gasteiger partial charge in [-0.2, -0.15) is 0 Å². The maximum absolute atomic E-state index is 11.7. The van der Waals surface area contributed by atoms with Gasteiger partial charge in [0.25, 0.3) is 11.4 Å². The molecule has 1 N–H and O–H groups in total. The fourth-order valence-corrected chi connectivity index (χ4v) is 3.01. The number of carboxylic acid groups (broad SMARTS) is 1. The molecular weight excluding hydrogens is 330 g/mol. The van der Waals surface area contributed by atoms with E-state index in [4.69, 9.17) is 0 Å². The van der Waals surface area contributed by atoms with Crippen LogP contribution in [0.5, 0.6) is 0 Å². The third-order valence-electron chi connectivity index (χ3n) is 4.21. The van der Waals surface area contributed by atoms with Crippen LogP contribution in [0.15, 0.2) is 42.5 Å². The number of nitro benzene ring substituents is 2. The number of benzene rings is 2. The number of nitro groups is 2. The lowest BCUT2D eigenvalue weighted by Gasteiger charge is -2.35. The highest BCUT2D eigenvalue weighted by Gasteiger charge is 2.35. The molecule has 0 amide bonds. The van der Waals surface area contributed by atoms with Crippen molar-refractivity contribution in [3.05, 3.63) is 73.8 Å². The van der Waals surface area contributed by atoms with Gasteiger partial charge in [0, 0.05) is 19.0 Å². The van der Waals surface area contributed by atoms with Gasteiger partial charge in [-0.05, 0) is 17.2 Å². The molecule has 0 saturated carbocycles. The first kappa shape index (κ1) is 16.4. The van der Waals surface area contributed by atoms with Crippen LogP contribution in [0.2, 0.25) is 0 Å². The molecule has 1 unspecified atom stereocenters. The molecule has 0 aromatic heterocycles. The van der Waals surface area contributed by atoms with E-state index < -0.39 is 33.2 Å². The number of carboxylic acids is 1. The summed E-state index contributed by atoms with van der Waals surface area (Å²) in [6, 6.07) is 9.51. The maximum Gasteiger partial charge on any atom is 0.326 e. The van der Waals surface area contributed by atoms with Crippen LogP contribution >= 0.6 is 0 Å². The molecule has 0 radical (unpaired) electrons. The molecule has 9 nitrogen and oxygen atoms in total. The van der Waals surface area contributed by atoms with Gasteiger partial charge in [-0.15, -0.1) is 0 Å². The Morgan fingerprint density at radius 1 is 1.08 bits per heavy atom. The Labute approximate surface area is 141 Å².